The zero-order chi connectivity index (χ0) is 16.5. The minimum atomic E-state index is -3.74. The fourth-order valence-electron chi connectivity index (χ4n) is 2.97. The zero-order valence-electron chi connectivity index (χ0n) is 13.1. The molecular formula is C15H22N2O4S. The molecule has 1 aliphatic carbocycles. The third-order valence-corrected chi connectivity index (χ3v) is 6.19. The highest BCUT2D eigenvalue weighted by Crippen LogP contribution is 2.31. The van der Waals surface area contributed by atoms with Gasteiger partial charge in [0.05, 0.1) is 9.82 Å². The van der Waals surface area contributed by atoms with Gasteiger partial charge in [-0.1, -0.05) is 32.8 Å². The van der Waals surface area contributed by atoms with E-state index in [2.05, 4.69) is 18.6 Å². The molecule has 0 unspecified atom stereocenters. The Morgan fingerprint density at radius 1 is 1.27 bits per heavy atom. The van der Waals surface area contributed by atoms with Crippen molar-refractivity contribution in [1.82, 2.24) is 4.72 Å². The first-order valence-electron chi connectivity index (χ1n) is 7.49. The van der Waals surface area contributed by atoms with Crippen molar-refractivity contribution in [2.75, 3.05) is 0 Å². The molecule has 3 atom stereocenters. The van der Waals surface area contributed by atoms with Crippen LogP contribution in [0.5, 0.6) is 0 Å². The van der Waals surface area contributed by atoms with E-state index in [0.29, 0.717) is 11.5 Å². The second kappa shape index (κ2) is 6.34. The molecule has 1 aromatic rings. The molecule has 1 aliphatic rings. The molecule has 0 amide bonds. The van der Waals surface area contributed by atoms with E-state index in [1.54, 1.807) is 6.92 Å². The van der Waals surface area contributed by atoms with Crippen LogP contribution in [0.1, 0.15) is 38.7 Å². The van der Waals surface area contributed by atoms with Crippen LogP contribution in [-0.4, -0.2) is 19.4 Å². The highest BCUT2D eigenvalue weighted by Gasteiger charge is 2.31. The average Bonchev–Trinajstić information content (AvgIpc) is 2.43. The monoisotopic (exact) mass is 326 g/mol. The summed E-state index contributed by atoms with van der Waals surface area (Å²) >= 11 is 0. The van der Waals surface area contributed by atoms with Crippen molar-refractivity contribution in [2.45, 2.75) is 51.0 Å². The standard InChI is InChI=1S/C15H22N2O4S/c1-10-5-4-6-14(12(10)3)16-22(20,21)13-8-7-11(2)15(9-13)17(18)19/h7-10,12,14,16H,4-6H2,1-3H3/t10-,12-,14-/m0/s1. The van der Waals surface area contributed by atoms with Gasteiger partial charge in [-0.25, -0.2) is 13.1 Å². The predicted molar refractivity (Wildman–Crippen MR) is 84.1 cm³/mol. The Labute approximate surface area is 131 Å². The van der Waals surface area contributed by atoms with E-state index in [1.165, 1.54) is 12.1 Å². The molecule has 22 heavy (non-hydrogen) atoms. The van der Waals surface area contributed by atoms with Crippen molar-refractivity contribution in [3.8, 4) is 0 Å². The summed E-state index contributed by atoms with van der Waals surface area (Å²) in [6.07, 6.45) is 2.90. The molecule has 0 spiro atoms. The summed E-state index contributed by atoms with van der Waals surface area (Å²) in [4.78, 5) is 10.4. The van der Waals surface area contributed by atoms with Crippen LogP contribution in [-0.2, 0) is 10.0 Å². The van der Waals surface area contributed by atoms with E-state index < -0.39 is 14.9 Å². The van der Waals surface area contributed by atoms with Crippen molar-refractivity contribution < 1.29 is 13.3 Å². The van der Waals surface area contributed by atoms with Crippen LogP contribution in [0, 0.1) is 28.9 Å². The third kappa shape index (κ3) is 3.47. The number of rotatable bonds is 4. The summed E-state index contributed by atoms with van der Waals surface area (Å²) in [5.74, 6) is 0.720. The zero-order valence-corrected chi connectivity index (χ0v) is 13.9. The van der Waals surface area contributed by atoms with Gasteiger partial charge in [0.1, 0.15) is 0 Å². The maximum atomic E-state index is 12.5. The lowest BCUT2D eigenvalue weighted by molar-refractivity contribution is -0.385. The molecule has 0 saturated heterocycles. The van der Waals surface area contributed by atoms with Gasteiger partial charge in [-0.05, 0) is 31.2 Å². The Morgan fingerprint density at radius 3 is 2.59 bits per heavy atom. The molecule has 1 aromatic carbocycles. The Balaban J connectivity index is 2.27. The first-order chi connectivity index (χ1) is 10.2. The number of hydrogen-bond acceptors (Lipinski definition) is 4. The highest BCUT2D eigenvalue weighted by atomic mass is 32.2. The molecule has 1 saturated carbocycles. The Hall–Kier alpha value is -1.47. The van der Waals surface area contributed by atoms with Crippen LogP contribution >= 0.6 is 0 Å². The van der Waals surface area contributed by atoms with E-state index >= 15 is 0 Å². The molecule has 0 heterocycles. The fourth-order valence-corrected chi connectivity index (χ4v) is 4.35. The molecule has 1 fully saturated rings. The SMILES string of the molecule is Cc1ccc(S(=O)(=O)N[C@H]2CCC[C@H](C)[C@@H]2C)cc1[N+](=O)[O-]. The van der Waals surface area contributed by atoms with Crippen molar-refractivity contribution in [2.24, 2.45) is 11.8 Å². The van der Waals surface area contributed by atoms with Gasteiger partial charge in [0.2, 0.25) is 10.0 Å². The Kier molecular flexibility index (Phi) is 4.87. The van der Waals surface area contributed by atoms with Crippen molar-refractivity contribution in [3.05, 3.63) is 33.9 Å². The molecule has 0 radical (unpaired) electrons. The Bertz CT molecular complexity index is 672. The number of benzene rings is 1. The van der Waals surface area contributed by atoms with Gasteiger partial charge in [0.25, 0.3) is 5.69 Å². The van der Waals surface area contributed by atoms with Gasteiger partial charge in [0.15, 0.2) is 0 Å². The number of sulfonamides is 1. The molecule has 2 rings (SSSR count). The van der Waals surface area contributed by atoms with Gasteiger partial charge < -0.3 is 0 Å². The van der Waals surface area contributed by atoms with E-state index in [0.717, 1.165) is 25.3 Å². The van der Waals surface area contributed by atoms with Crippen molar-refractivity contribution in [1.29, 1.82) is 0 Å². The van der Waals surface area contributed by atoms with Gasteiger partial charge in [0, 0.05) is 17.7 Å². The van der Waals surface area contributed by atoms with Gasteiger partial charge in [-0.15, -0.1) is 0 Å². The number of nitro groups is 1. The van der Waals surface area contributed by atoms with E-state index in [9.17, 15) is 18.5 Å². The molecule has 0 bridgehead atoms. The van der Waals surface area contributed by atoms with Crippen molar-refractivity contribution >= 4 is 15.7 Å². The first kappa shape index (κ1) is 16.9. The second-order valence-corrected chi connectivity index (χ2v) is 7.91. The summed E-state index contributed by atoms with van der Waals surface area (Å²) < 4.78 is 27.7. The van der Waals surface area contributed by atoms with Crippen LogP contribution in [0.3, 0.4) is 0 Å². The average molecular weight is 326 g/mol. The highest BCUT2D eigenvalue weighted by molar-refractivity contribution is 7.89. The van der Waals surface area contributed by atoms with Gasteiger partial charge in [-0.2, -0.15) is 0 Å². The molecular weight excluding hydrogens is 304 g/mol. The van der Waals surface area contributed by atoms with Gasteiger partial charge >= 0.3 is 0 Å². The summed E-state index contributed by atoms with van der Waals surface area (Å²) in [5, 5.41) is 11.0. The Morgan fingerprint density at radius 2 is 1.95 bits per heavy atom. The van der Waals surface area contributed by atoms with Gasteiger partial charge in [-0.3, -0.25) is 10.1 Å². The lowest BCUT2D eigenvalue weighted by atomic mass is 9.78. The largest absolute Gasteiger partial charge is 0.273 e. The molecule has 7 heteroatoms. The third-order valence-electron chi connectivity index (χ3n) is 4.70. The smallest absolute Gasteiger partial charge is 0.258 e. The number of hydrogen-bond donors (Lipinski definition) is 1. The summed E-state index contributed by atoms with van der Waals surface area (Å²) in [7, 11) is -3.74. The molecule has 0 aromatic heterocycles. The van der Waals surface area contributed by atoms with Crippen LogP contribution in [0.4, 0.5) is 5.69 Å². The fraction of sp³-hybridized carbons (Fsp3) is 0.600. The van der Waals surface area contributed by atoms with E-state index in [-0.39, 0.29) is 22.5 Å². The summed E-state index contributed by atoms with van der Waals surface area (Å²) in [5.41, 5.74) is 0.275. The molecule has 6 nitrogen and oxygen atoms in total. The molecule has 122 valence electrons. The molecule has 1 N–H and O–H groups in total. The minimum absolute atomic E-state index is 0.0461. The number of aryl methyl sites for hydroxylation is 1. The second-order valence-electron chi connectivity index (χ2n) is 6.20. The maximum absolute atomic E-state index is 12.5. The topological polar surface area (TPSA) is 89.3 Å². The predicted octanol–water partition coefficient (Wildman–Crippen LogP) is 3.01. The normalized spacial score (nSPS) is 25.9. The summed E-state index contributed by atoms with van der Waals surface area (Å²) in [6, 6.07) is 3.91. The number of nitrogens with zero attached hydrogens (tertiary/aromatic N) is 1. The minimum Gasteiger partial charge on any atom is -0.258 e. The quantitative estimate of drug-likeness (QED) is 0.680. The van der Waals surface area contributed by atoms with E-state index in [1.807, 2.05) is 0 Å². The lowest BCUT2D eigenvalue weighted by Gasteiger charge is -2.34. The number of nitrogens with one attached hydrogen (secondary N) is 1. The van der Waals surface area contributed by atoms with Crippen LogP contribution in [0.25, 0.3) is 0 Å². The van der Waals surface area contributed by atoms with Crippen LogP contribution < -0.4 is 4.72 Å². The van der Waals surface area contributed by atoms with E-state index in [4.69, 9.17) is 0 Å². The lowest BCUT2D eigenvalue weighted by Crippen LogP contribution is -2.43. The van der Waals surface area contributed by atoms with Crippen LogP contribution in [0.15, 0.2) is 23.1 Å². The summed E-state index contributed by atoms with van der Waals surface area (Å²) in [6.45, 7) is 5.77. The number of nitro benzene ring substituents is 1. The van der Waals surface area contributed by atoms with Crippen LogP contribution in [0.2, 0.25) is 0 Å². The van der Waals surface area contributed by atoms with Crippen molar-refractivity contribution in [3.63, 3.8) is 0 Å². The maximum Gasteiger partial charge on any atom is 0.273 e. The first-order valence-corrected chi connectivity index (χ1v) is 8.98. The molecule has 0 aliphatic heterocycles.